The van der Waals surface area contributed by atoms with Gasteiger partial charge in [0.15, 0.2) is 0 Å². The molecular weight excluding hydrogens is 480 g/mol. The molecule has 0 bridgehead atoms. The number of hydrogen-bond donors (Lipinski definition) is 0. The fraction of sp³-hybridized carbons (Fsp3) is 0. The van der Waals surface area contributed by atoms with E-state index < -0.39 is 0 Å². The molecule has 2 radical (unpaired) electrons. The molecule has 184 valence electrons. The smallest absolute Gasteiger partial charge is 0.0619 e. The number of allylic oxidation sites excluding steroid dienone is 1. The van der Waals surface area contributed by atoms with Gasteiger partial charge in [-0.3, -0.25) is 0 Å². The van der Waals surface area contributed by atoms with E-state index in [1.54, 1.807) is 0 Å². The topological polar surface area (TPSA) is 0 Å². The SMILES string of the molecule is c1ccc2c(c1)[C](C([C]1c3ccccc3-c3ccccc31)=C1c3ccccc3-c3ccccc31)c1ccccc1-2. The monoisotopic (exact) mass is 504 g/mol. The van der Waals surface area contributed by atoms with Crippen LogP contribution in [-0.4, -0.2) is 0 Å². The van der Waals surface area contributed by atoms with Crippen molar-refractivity contribution in [3.8, 4) is 33.4 Å². The Hall–Kier alpha value is -4.94. The van der Waals surface area contributed by atoms with Crippen LogP contribution in [0.15, 0.2) is 151 Å². The molecule has 0 N–H and O–H groups in total. The summed E-state index contributed by atoms with van der Waals surface area (Å²) in [6, 6.07) is 53.6. The molecule has 0 heterocycles. The number of fused-ring (bicyclic) bond motifs is 9. The van der Waals surface area contributed by atoms with E-state index in [-0.39, 0.29) is 0 Å². The van der Waals surface area contributed by atoms with Crippen LogP contribution in [0.4, 0.5) is 0 Å². The summed E-state index contributed by atoms with van der Waals surface area (Å²) in [6.45, 7) is 0. The van der Waals surface area contributed by atoms with Gasteiger partial charge in [-0.05, 0) is 77.9 Å². The quantitative estimate of drug-likeness (QED) is 0.220. The van der Waals surface area contributed by atoms with Gasteiger partial charge in [-0.15, -0.1) is 0 Å². The molecule has 0 atom stereocenters. The summed E-state index contributed by atoms with van der Waals surface area (Å²) in [4.78, 5) is 0. The van der Waals surface area contributed by atoms with Crippen LogP contribution >= 0.6 is 0 Å². The summed E-state index contributed by atoms with van der Waals surface area (Å²) in [5, 5.41) is 0. The summed E-state index contributed by atoms with van der Waals surface area (Å²) >= 11 is 0. The van der Waals surface area contributed by atoms with Gasteiger partial charge in [0.05, 0.1) is 11.8 Å². The van der Waals surface area contributed by atoms with Crippen LogP contribution in [0.3, 0.4) is 0 Å². The number of rotatable bonds is 2. The Labute approximate surface area is 234 Å². The molecule has 0 nitrogen and oxygen atoms in total. The summed E-state index contributed by atoms with van der Waals surface area (Å²) in [5.74, 6) is 2.66. The Morgan fingerprint density at radius 1 is 0.225 bits per heavy atom. The lowest BCUT2D eigenvalue weighted by Gasteiger charge is -2.27. The molecular formula is C40H24. The van der Waals surface area contributed by atoms with Crippen LogP contribution in [0, 0.1) is 11.8 Å². The summed E-state index contributed by atoms with van der Waals surface area (Å²) in [5.41, 5.74) is 18.4. The molecule has 3 aliphatic carbocycles. The van der Waals surface area contributed by atoms with E-state index in [2.05, 4.69) is 146 Å². The second-order valence-corrected chi connectivity index (χ2v) is 10.8. The lowest BCUT2D eigenvalue weighted by molar-refractivity contribution is 1.16. The van der Waals surface area contributed by atoms with Gasteiger partial charge in [-0.1, -0.05) is 146 Å². The predicted molar refractivity (Wildman–Crippen MR) is 165 cm³/mol. The maximum absolute atomic E-state index is 2.31. The lowest BCUT2D eigenvalue weighted by Crippen LogP contribution is -2.14. The van der Waals surface area contributed by atoms with Crippen molar-refractivity contribution in [3.63, 3.8) is 0 Å². The third-order valence-electron chi connectivity index (χ3n) is 8.80. The number of benzene rings is 6. The zero-order chi connectivity index (χ0) is 26.2. The van der Waals surface area contributed by atoms with E-state index in [0.717, 1.165) is 0 Å². The third kappa shape index (κ3) is 2.86. The zero-order valence-electron chi connectivity index (χ0n) is 21.9. The van der Waals surface area contributed by atoms with Gasteiger partial charge in [0.1, 0.15) is 0 Å². The molecule has 9 rings (SSSR count). The first-order chi connectivity index (χ1) is 19.9. The van der Waals surface area contributed by atoms with E-state index in [4.69, 9.17) is 0 Å². The Morgan fingerprint density at radius 2 is 0.425 bits per heavy atom. The third-order valence-corrected chi connectivity index (χ3v) is 8.80. The molecule has 3 aliphatic rings. The maximum atomic E-state index is 2.31. The lowest BCUT2D eigenvalue weighted by atomic mass is 9.73. The highest BCUT2D eigenvalue weighted by molar-refractivity contribution is 6.08. The van der Waals surface area contributed by atoms with Gasteiger partial charge in [0, 0.05) is 0 Å². The minimum atomic E-state index is 1.31. The van der Waals surface area contributed by atoms with Crippen molar-refractivity contribution >= 4 is 5.57 Å². The first kappa shape index (κ1) is 21.9. The standard InChI is InChI=1S/C40H24/c1-7-19-31-25(13-1)26-14-2-8-20-32(26)37(31)40(38-33-21-9-3-15-27(33)28-16-4-10-22-34(28)38)39-35-23-11-5-17-29(35)30-18-6-12-24-36(30)39/h1-24H. The molecule has 0 unspecified atom stereocenters. The molecule has 6 aromatic rings. The molecule has 0 saturated heterocycles. The largest absolute Gasteiger partial charge is 0.0621 e. The van der Waals surface area contributed by atoms with Crippen molar-refractivity contribution in [2.24, 2.45) is 0 Å². The first-order valence-corrected chi connectivity index (χ1v) is 14.0. The molecule has 0 amide bonds. The van der Waals surface area contributed by atoms with Gasteiger partial charge in [-0.25, -0.2) is 0 Å². The van der Waals surface area contributed by atoms with Crippen LogP contribution < -0.4 is 0 Å². The van der Waals surface area contributed by atoms with Crippen molar-refractivity contribution in [2.75, 3.05) is 0 Å². The second kappa shape index (κ2) is 8.28. The number of hydrogen-bond acceptors (Lipinski definition) is 0. The van der Waals surface area contributed by atoms with Gasteiger partial charge >= 0.3 is 0 Å². The summed E-state index contributed by atoms with van der Waals surface area (Å²) < 4.78 is 0. The van der Waals surface area contributed by atoms with Crippen molar-refractivity contribution in [1.82, 2.24) is 0 Å². The van der Waals surface area contributed by atoms with Gasteiger partial charge in [0.25, 0.3) is 0 Å². The van der Waals surface area contributed by atoms with Crippen LogP contribution in [0.2, 0.25) is 0 Å². The van der Waals surface area contributed by atoms with E-state index in [1.165, 1.54) is 89.7 Å². The first-order valence-electron chi connectivity index (χ1n) is 14.0. The molecule has 40 heavy (non-hydrogen) atoms. The van der Waals surface area contributed by atoms with E-state index in [0.29, 0.717) is 0 Å². The van der Waals surface area contributed by atoms with Crippen LogP contribution in [-0.2, 0) is 0 Å². The molecule has 0 aliphatic heterocycles. The van der Waals surface area contributed by atoms with E-state index in [1.807, 2.05) is 0 Å². The summed E-state index contributed by atoms with van der Waals surface area (Å²) in [6.07, 6.45) is 0. The Morgan fingerprint density at radius 3 is 0.700 bits per heavy atom. The molecule has 0 aromatic heterocycles. The molecule has 0 heteroatoms. The van der Waals surface area contributed by atoms with Gasteiger partial charge in [-0.2, -0.15) is 0 Å². The Balaban J connectivity index is 1.47. The van der Waals surface area contributed by atoms with Gasteiger partial charge in [0.2, 0.25) is 0 Å². The fourth-order valence-corrected chi connectivity index (χ4v) is 7.23. The van der Waals surface area contributed by atoms with Crippen molar-refractivity contribution in [1.29, 1.82) is 0 Å². The van der Waals surface area contributed by atoms with Crippen LogP contribution in [0.1, 0.15) is 33.4 Å². The highest BCUT2D eigenvalue weighted by Gasteiger charge is 2.43. The normalized spacial score (nSPS) is 14.2. The zero-order valence-corrected chi connectivity index (χ0v) is 21.9. The average molecular weight is 505 g/mol. The minimum Gasteiger partial charge on any atom is -0.0619 e. The summed E-state index contributed by atoms with van der Waals surface area (Å²) in [7, 11) is 0. The van der Waals surface area contributed by atoms with Gasteiger partial charge < -0.3 is 0 Å². The second-order valence-electron chi connectivity index (χ2n) is 10.8. The molecule has 6 aromatic carbocycles. The van der Waals surface area contributed by atoms with Crippen molar-refractivity contribution in [3.05, 3.63) is 196 Å². The Bertz CT molecular complexity index is 1790. The fourth-order valence-electron chi connectivity index (χ4n) is 7.23. The average Bonchev–Trinajstić information content (AvgIpc) is 3.65. The van der Waals surface area contributed by atoms with E-state index in [9.17, 15) is 0 Å². The molecule has 0 saturated carbocycles. The van der Waals surface area contributed by atoms with E-state index >= 15 is 0 Å². The Kier molecular flexibility index (Phi) is 4.54. The van der Waals surface area contributed by atoms with Crippen molar-refractivity contribution in [2.45, 2.75) is 0 Å². The molecule has 0 spiro atoms. The van der Waals surface area contributed by atoms with Crippen molar-refractivity contribution < 1.29 is 0 Å². The minimum absolute atomic E-state index is 1.31. The molecule has 0 fully saturated rings. The predicted octanol–water partition coefficient (Wildman–Crippen LogP) is 9.77. The highest BCUT2D eigenvalue weighted by atomic mass is 14.4. The van der Waals surface area contributed by atoms with Crippen LogP contribution in [0.25, 0.3) is 39.0 Å². The highest BCUT2D eigenvalue weighted by Crippen LogP contribution is 2.60. The maximum Gasteiger partial charge on any atom is 0.0621 e. The van der Waals surface area contributed by atoms with Crippen LogP contribution in [0.5, 0.6) is 0 Å².